The summed E-state index contributed by atoms with van der Waals surface area (Å²) in [6.45, 7) is 4.48. The Bertz CT molecular complexity index is 1060. The fraction of sp³-hybridized carbons (Fsp3) is 0.217. The number of rotatable bonds is 9. The molecule has 0 N–H and O–H groups in total. The van der Waals surface area contributed by atoms with E-state index in [1.54, 1.807) is 35.4 Å². The first-order valence-electron chi connectivity index (χ1n) is 9.64. The van der Waals surface area contributed by atoms with Gasteiger partial charge in [0.15, 0.2) is 0 Å². The molecule has 2 amide bonds. The van der Waals surface area contributed by atoms with E-state index in [-0.39, 0.29) is 29.9 Å². The average molecular weight is 460 g/mol. The maximum absolute atomic E-state index is 13.2. The summed E-state index contributed by atoms with van der Waals surface area (Å²) >= 11 is 12.0. The van der Waals surface area contributed by atoms with E-state index in [9.17, 15) is 9.59 Å². The maximum atomic E-state index is 13.2. The van der Waals surface area contributed by atoms with Gasteiger partial charge in [0.2, 0.25) is 5.91 Å². The summed E-state index contributed by atoms with van der Waals surface area (Å²) in [7, 11) is 1.92. The van der Waals surface area contributed by atoms with Crippen molar-refractivity contribution >= 4 is 35.0 Å². The van der Waals surface area contributed by atoms with Crippen LogP contribution in [0.2, 0.25) is 10.0 Å². The summed E-state index contributed by atoms with van der Waals surface area (Å²) in [6, 6.07) is 12.1. The van der Waals surface area contributed by atoms with Gasteiger partial charge in [0, 0.05) is 31.0 Å². The highest BCUT2D eigenvalue weighted by atomic mass is 35.5. The minimum absolute atomic E-state index is 0.115. The van der Waals surface area contributed by atoms with E-state index in [0.717, 1.165) is 5.69 Å². The predicted molar refractivity (Wildman–Crippen MR) is 121 cm³/mol. The van der Waals surface area contributed by atoms with Crippen LogP contribution in [0.1, 0.15) is 21.8 Å². The second-order valence-corrected chi connectivity index (χ2v) is 7.86. The second-order valence-electron chi connectivity index (χ2n) is 7.04. The summed E-state index contributed by atoms with van der Waals surface area (Å²) in [5.41, 5.74) is 1.31. The van der Waals surface area contributed by atoms with E-state index in [1.165, 1.54) is 11.0 Å². The van der Waals surface area contributed by atoms with Crippen LogP contribution in [0.25, 0.3) is 0 Å². The number of amides is 2. The van der Waals surface area contributed by atoms with E-state index in [1.807, 2.05) is 36.0 Å². The Labute approximate surface area is 191 Å². The molecule has 0 fully saturated rings. The molecule has 0 aliphatic rings. The van der Waals surface area contributed by atoms with Gasteiger partial charge in [0.05, 0.1) is 29.4 Å². The van der Waals surface area contributed by atoms with Crippen LogP contribution in [0.3, 0.4) is 0 Å². The van der Waals surface area contributed by atoms with Gasteiger partial charge in [0.1, 0.15) is 12.3 Å². The normalized spacial score (nSPS) is 10.7. The zero-order valence-corrected chi connectivity index (χ0v) is 18.6. The molecule has 2 heterocycles. The number of carbonyl (C=O) groups excluding carboxylic acids is 2. The van der Waals surface area contributed by atoms with Gasteiger partial charge in [-0.3, -0.25) is 9.59 Å². The average Bonchev–Trinajstić information content (AvgIpc) is 3.40. The number of aryl methyl sites for hydroxylation is 1. The maximum Gasteiger partial charge on any atom is 0.254 e. The number of hydrogen-bond acceptors (Lipinski definition) is 3. The number of carbonyl (C=O) groups is 2. The zero-order valence-electron chi connectivity index (χ0n) is 17.1. The summed E-state index contributed by atoms with van der Waals surface area (Å²) < 4.78 is 7.38. The van der Waals surface area contributed by atoms with E-state index in [0.29, 0.717) is 29.4 Å². The molecule has 0 spiro atoms. The lowest BCUT2D eigenvalue weighted by Gasteiger charge is -2.27. The highest BCUT2D eigenvalue weighted by Crippen LogP contribution is 2.23. The highest BCUT2D eigenvalue weighted by Gasteiger charge is 2.23. The van der Waals surface area contributed by atoms with Crippen LogP contribution in [0.15, 0.2) is 72.0 Å². The Kier molecular flexibility index (Phi) is 7.60. The fourth-order valence-corrected chi connectivity index (χ4v) is 3.43. The zero-order chi connectivity index (χ0) is 22.4. The van der Waals surface area contributed by atoms with Gasteiger partial charge in [-0.25, -0.2) is 0 Å². The topological polar surface area (TPSA) is 58.7 Å². The summed E-state index contributed by atoms with van der Waals surface area (Å²) in [5, 5.41) is 0.636. The van der Waals surface area contributed by atoms with Crippen LogP contribution < -0.4 is 0 Å². The summed E-state index contributed by atoms with van der Waals surface area (Å²) in [6.07, 6.45) is 5.07. The van der Waals surface area contributed by atoms with Crippen molar-refractivity contribution in [1.82, 2.24) is 14.4 Å². The molecule has 2 aromatic heterocycles. The van der Waals surface area contributed by atoms with Crippen molar-refractivity contribution in [3.8, 4) is 0 Å². The summed E-state index contributed by atoms with van der Waals surface area (Å²) in [5.74, 6) is 0.116. The van der Waals surface area contributed by atoms with Crippen molar-refractivity contribution in [1.29, 1.82) is 0 Å². The van der Waals surface area contributed by atoms with Gasteiger partial charge >= 0.3 is 0 Å². The van der Waals surface area contributed by atoms with Crippen LogP contribution >= 0.6 is 23.2 Å². The lowest BCUT2D eigenvalue weighted by molar-refractivity contribution is -0.133. The quantitative estimate of drug-likeness (QED) is 0.432. The first kappa shape index (κ1) is 22.7. The molecule has 0 bridgehead atoms. The third-order valence-corrected chi connectivity index (χ3v) is 5.55. The standard InChI is InChI=1S/C23H23Cl2N3O3/c1-3-10-27(23(30)17-8-9-20(24)21(25)13-17)16-22(29)28(15-19-7-5-12-31-19)14-18-6-4-11-26(18)2/h3-9,11-13H,1,10,14-16H2,2H3. The molecule has 0 saturated heterocycles. The van der Waals surface area contributed by atoms with Crippen LogP contribution in [-0.4, -0.2) is 39.3 Å². The largest absolute Gasteiger partial charge is 0.467 e. The predicted octanol–water partition coefficient (Wildman–Crippen LogP) is 4.78. The molecule has 31 heavy (non-hydrogen) atoms. The third-order valence-electron chi connectivity index (χ3n) is 4.81. The molecule has 3 rings (SSSR count). The van der Waals surface area contributed by atoms with E-state index in [2.05, 4.69) is 6.58 Å². The van der Waals surface area contributed by atoms with Crippen molar-refractivity contribution < 1.29 is 14.0 Å². The number of aromatic nitrogens is 1. The molecular formula is C23H23Cl2N3O3. The smallest absolute Gasteiger partial charge is 0.254 e. The van der Waals surface area contributed by atoms with Crippen LogP contribution in [0.5, 0.6) is 0 Å². The van der Waals surface area contributed by atoms with Crippen molar-refractivity contribution in [3.05, 3.63) is 94.6 Å². The van der Waals surface area contributed by atoms with Gasteiger partial charge in [-0.2, -0.15) is 0 Å². The van der Waals surface area contributed by atoms with Crippen molar-refractivity contribution in [2.45, 2.75) is 13.1 Å². The van der Waals surface area contributed by atoms with Crippen molar-refractivity contribution in [3.63, 3.8) is 0 Å². The fourth-order valence-electron chi connectivity index (χ4n) is 3.13. The van der Waals surface area contributed by atoms with E-state index in [4.69, 9.17) is 27.6 Å². The number of hydrogen-bond donors (Lipinski definition) is 0. The lowest BCUT2D eigenvalue weighted by Crippen LogP contribution is -2.42. The molecule has 3 aromatic rings. The van der Waals surface area contributed by atoms with Crippen molar-refractivity contribution in [2.24, 2.45) is 7.05 Å². The molecule has 0 atom stereocenters. The number of benzene rings is 1. The number of halogens is 2. The van der Waals surface area contributed by atoms with Gasteiger partial charge in [-0.15, -0.1) is 6.58 Å². The molecule has 0 aliphatic carbocycles. The third kappa shape index (κ3) is 5.81. The first-order chi connectivity index (χ1) is 14.9. The van der Waals surface area contributed by atoms with Crippen molar-refractivity contribution in [2.75, 3.05) is 13.1 Å². The minimum Gasteiger partial charge on any atom is -0.467 e. The number of nitrogens with zero attached hydrogens (tertiary/aromatic N) is 3. The molecule has 0 unspecified atom stereocenters. The Morgan fingerprint density at radius 2 is 1.90 bits per heavy atom. The minimum atomic E-state index is -0.330. The molecular weight excluding hydrogens is 437 g/mol. The number of furan rings is 1. The van der Waals surface area contributed by atoms with E-state index < -0.39 is 0 Å². The van der Waals surface area contributed by atoms with Crippen LogP contribution in [-0.2, 0) is 24.9 Å². The lowest BCUT2D eigenvalue weighted by atomic mass is 10.2. The van der Waals surface area contributed by atoms with Gasteiger partial charge in [-0.05, 0) is 42.5 Å². The molecule has 0 aliphatic heterocycles. The van der Waals surface area contributed by atoms with Gasteiger partial charge in [0.25, 0.3) is 5.91 Å². The Morgan fingerprint density at radius 1 is 1.10 bits per heavy atom. The van der Waals surface area contributed by atoms with E-state index >= 15 is 0 Å². The molecule has 8 heteroatoms. The molecule has 0 radical (unpaired) electrons. The first-order valence-corrected chi connectivity index (χ1v) is 10.4. The van der Waals surface area contributed by atoms with Gasteiger partial charge in [-0.1, -0.05) is 29.3 Å². The SMILES string of the molecule is C=CCN(CC(=O)N(Cc1ccco1)Cc1cccn1C)C(=O)c1ccc(Cl)c(Cl)c1. The van der Waals surface area contributed by atoms with Crippen LogP contribution in [0.4, 0.5) is 0 Å². The van der Waals surface area contributed by atoms with Crippen LogP contribution in [0, 0.1) is 0 Å². The second kappa shape index (κ2) is 10.4. The highest BCUT2D eigenvalue weighted by molar-refractivity contribution is 6.42. The Morgan fingerprint density at radius 3 is 2.52 bits per heavy atom. The molecule has 1 aromatic carbocycles. The van der Waals surface area contributed by atoms with Gasteiger partial charge < -0.3 is 18.8 Å². The molecule has 6 nitrogen and oxygen atoms in total. The Hall–Kier alpha value is -2.96. The molecule has 162 valence electrons. The monoisotopic (exact) mass is 459 g/mol. The molecule has 0 saturated carbocycles. The Balaban J connectivity index is 1.80. The summed E-state index contributed by atoms with van der Waals surface area (Å²) in [4.78, 5) is 29.4.